The maximum absolute atomic E-state index is 12.9. The molecule has 0 aliphatic rings. The van der Waals surface area contributed by atoms with Crippen LogP contribution in [0.2, 0.25) is 0 Å². The summed E-state index contributed by atoms with van der Waals surface area (Å²) in [5, 5.41) is 17.7. The lowest BCUT2D eigenvalue weighted by Crippen LogP contribution is -2.49. The number of hydrogen-bond donors (Lipinski definition) is 3. The number of nitrogens with one attached hydrogen (secondary N) is 3. The molecule has 2 aromatic carbocycles. The molecule has 1 heterocycles. The van der Waals surface area contributed by atoms with Gasteiger partial charge in [-0.2, -0.15) is 0 Å². The number of amides is 3. The molecule has 0 saturated heterocycles. The molecule has 30 heavy (non-hydrogen) atoms. The quantitative estimate of drug-likeness (QED) is 0.514. The van der Waals surface area contributed by atoms with Gasteiger partial charge in [0.15, 0.2) is 0 Å². The summed E-state index contributed by atoms with van der Waals surface area (Å²) in [6, 6.07) is 15.9. The zero-order valence-electron chi connectivity index (χ0n) is 17.2. The Morgan fingerprint density at radius 2 is 1.70 bits per heavy atom. The van der Waals surface area contributed by atoms with Gasteiger partial charge in [0, 0.05) is 11.3 Å². The van der Waals surface area contributed by atoms with Gasteiger partial charge in [0.25, 0.3) is 0 Å². The first kappa shape index (κ1) is 21.4. The van der Waals surface area contributed by atoms with Crippen LogP contribution in [0.25, 0.3) is 10.6 Å². The second kappa shape index (κ2) is 9.98. The Balaban J connectivity index is 1.66. The van der Waals surface area contributed by atoms with Crippen LogP contribution in [0.5, 0.6) is 0 Å². The molecule has 0 aliphatic carbocycles. The fourth-order valence-corrected chi connectivity index (χ4v) is 3.55. The summed E-state index contributed by atoms with van der Waals surface area (Å²) in [5.41, 5.74) is 2.76. The highest BCUT2D eigenvalue weighted by molar-refractivity contribution is 7.18. The fourth-order valence-electron chi connectivity index (χ4n) is 2.80. The predicted molar refractivity (Wildman–Crippen MR) is 121 cm³/mol. The molecule has 3 aromatic rings. The van der Waals surface area contributed by atoms with Gasteiger partial charge in [0.2, 0.25) is 11.0 Å². The topological polar surface area (TPSA) is 96.0 Å². The third kappa shape index (κ3) is 5.64. The summed E-state index contributed by atoms with van der Waals surface area (Å²) in [5.74, 6) is -0.379. The van der Waals surface area contributed by atoms with Crippen molar-refractivity contribution in [1.29, 1.82) is 0 Å². The first-order chi connectivity index (χ1) is 14.5. The molecular formula is C22H25N5O2S. The number of nitrogens with zero attached hydrogens (tertiary/aromatic N) is 2. The van der Waals surface area contributed by atoms with Gasteiger partial charge in [-0.25, -0.2) is 4.79 Å². The molecule has 0 spiro atoms. The van der Waals surface area contributed by atoms with E-state index in [1.807, 2.05) is 63.2 Å². The van der Waals surface area contributed by atoms with Crippen molar-refractivity contribution >= 4 is 34.1 Å². The van der Waals surface area contributed by atoms with E-state index in [1.54, 1.807) is 12.1 Å². The van der Waals surface area contributed by atoms with Crippen molar-refractivity contribution in [1.82, 2.24) is 15.5 Å². The van der Waals surface area contributed by atoms with E-state index in [0.29, 0.717) is 10.8 Å². The molecule has 0 radical (unpaired) electrons. The Bertz CT molecular complexity index is 988. The average molecular weight is 424 g/mol. The number of rotatable bonds is 7. The highest BCUT2D eigenvalue weighted by atomic mass is 32.1. The highest BCUT2D eigenvalue weighted by Crippen LogP contribution is 2.26. The molecule has 0 fully saturated rings. The van der Waals surface area contributed by atoms with Gasteiger partial charge in [0.1, 0.15) is 11.0 Å². The largest absolute Gasteiger partial charge is 0.326 e. The number of anilines is 2. The lowest BCUT2D eigenvalue weighted by molar-refractivity contribution is -0.119. The lowest BCUT2D eigenvalue weighted by atomic mass is 9.98. The van der Waals surface area contributed by atoms with Crippen molar-refractivity contribution in [3.8, 4) is 10.6 Å². The van der Waals surface area contributed by atoms with Crippen molar-refractivity contribution in [3.63, 3.8) is 0 Å². The van der Waals surface area contributed by atoms with Crippen molar-refractivity contribution in [2.45, 2.75) is 33.2 Å². The summed E-state index contributed by atoms with van der Waals surface area (Å²) in [4.78, 5) is 25.3. The maximum atomic E-state index is 12.9. The van der Waals surface area contributed by atoms with E-state index < -0.39 is 12.1 Å². The highest BCUT2D eigenvalue weighted by Gasteiger charge is 2.27. The molecule has 3 N–H and O–H groups in total. The molecule has 0 unspecified atom stereocenters. The number of urea groups is 1. The SMILES string of the molecule is CC[C@H](C)[C@H](NC(=O)Nc1ccccc1)C(=O)Nc1nnc(-c2ccc(C)cc2)s1. The second-order valence-electron chi connectivity index (χ2n) is 7.10. The third-order valence-corrected chi connectivity index (χ3v) is 5.66. The van der Waals surface area contributed by atoms with E-state index in [0.717, 1.165) is 22.6 Å². The summed E-state index contributed by atoms with van der Waals surface area (Å²) < 4.78 is 0. The summed E-state index contributed by atoms with van der Waals surface area (Å²) in [7, 11) is 0. The van der Waals surface area contributed by atoms with E-state index in [4.69, 9.17) is 0 Å². The number of hydrogen-bond acceptors (Lipinski definition) is 5. The van der Waals surface area contributed by atoms with Gasteiger partial charge in [-0.3, -0.25) is 10.1 Å². The zero-order chi connectivity index (χ0) is 21.5. The normalized spacial score (nSPS) is 12.6. The van der Waals surface area contributed by atoms with E-state index in [-0.39, 0.29) is 11.8 Å². The molecule has 0 aliphatic heterocycles. The Hall–Kier alpha value is -3.26. The predicted octanol–water partition coefficient (Wildman–Crippen LogP) is 4.69. The first-order valence-corrected chi connectivity index (χ1v) is 10.6. The first-order valence-electron chi connectivity index (χ1n) is 9.80. The summed E-state index contributed by atoms with van der Waals surface area (Å²) in [6.45, 7) is 5.92. The number of aryl methyl sites for hydroxylation is 1. The van der Waals surface area contributed by atoms with Crippen molar-refractivity contribution in [2.75, 3.05) is 10.6 Å². The van der Waals surface area contributed by atoms with Crippen molar-refractivity contribution < 1.29 is 9.59 Å². The minimum Gasteiger partial charge on any atom is -0.326 e. The lowest BCUT2D eigenvalue weighted by Gasteiger charge is -2.23. The van der Waals surface area contributed by atoms with Crippen LogP contribution in [0.3, 0.4) is 0 Å². The molecular weight excluding hydrogens is 398 g/mol. The van der Waals surface area contributed by atoms with E-state index >= 15 is 0 Å². The Kier molecular flexibility index (Phi) is 7.13. The Morgan fingerprint density at radius 3 is 2.37 bits per heavy atom. The minimum atomic E-state index is -0.703. The molecule has 1 aromatic heterocycles. The smallest absolute Gasteiger partial charge is 0.319 e. The van der Waals surface area contributed by atoms with Crippen molar-refractivity contribution in [3.05, 3.63) is 60.2 Å². The molecule has 3 rings (SSSR count). The van der Waals surface area contributed by atoms with E-state index in [9.17, 15) is 9.59 Å². The van der Waals surface area contributed by atoms with E-state index in [1.165, 1.54) is 11.3 Å². The molecule has 8 heteroatoms. The van der Waals surface area contributed by atoms with Crippen LogP contribution in [-0.2, 0) is 4.79 Å². The third-order valence-electron chi connectivity index (χ3n) is 4.77. The molecule has 0 bridgehead atoms. The average Bonchev–Trinajstić information content (AvgIpc) is 3.21. The Labute approximate surface area is 179 Å². The van der Waals surface area contributed by atoms with Gasteiger partial charge in [0.05, 0.1) is 0 Å². The molecule has 156 valence electrons. The van der Waals surface area contributed by atoms with Gasteiger partial charge >= 0.3 is 6.03 Å². The standard InChI is InChI=1S/C22H25N5O2S/c1-4-15(3)18(24-21(29)23-17-8-6-5-7-9-17)19(28)25-22-27-26-20(30-22)16-12-10-14(2)11-13-16/h5-13,15,18H,4H2,1-3H3,(H2,23,24,29)(H,25,27,28)/t15-,18-/m0/s1. The number of carbonyl (C=O) groups excluding carboxylic acids is 2. The van der Waals surface area contributed by atoms with Crippen LogP contribution in [0.4, 0.5) is 15.6 Å². The summed E-state index contributed by atoms with van der Waals surface area (Å²) >= 11 is 1.30. The molecule has 2 atom stereocenters. The van der Waals surface area contributed by atoms with Crippen LogP contribution in [0.1, 0.15) is 25.8 Å². The second-order valence-corrected chi connectivity index (χ2v) is 8.07. The molecule has 0 saturated carbocycles. The number of aromatic nitrogens is 2. The molecule has 7 nitrogen and oxygen atoms in total. The summed E-state index contributed by atoms with van der Waals surface area (Å²) in [6.07, 6.45) is 0.731. The fraction of sp³-hybridized carbons (Fsp3) is 0.273. The van der Waals surface area contributed by atoms with Gasteiger partial charge in [-0.15, -0.1) is 10.2 Å². The van der Waals surface area contributed by atoms with Gasteiger partial charge in [-0.1, -0.05) is 79.6 Å². The number of para-hydroxylation sites is 1. The van der Waals surface area contributed by atoms with E-state index in [2.05, 4.69) is 26.1 Å². The van der Waals surface area contributed by atoms with Crippen molar-refractivity contribution in [2.24, 2.45) is 5.92 Å². The monoisotopic (exact) mass is 423 g/mol. The minimum absolute atomic E-state index is 0.0592. The zero-order valence-corrected chi connectivity index (χ0v) is 18.0. The molecule has 3 amide bonds. The van der Waals surface area contributed by atoms with Crippen LogP contribution >= 0.6 is 11.3 Å². The number of benzene rings is 2. The van der Waals surface area contributed by atoms with Crippen LogP contribution < -0.4 is 16.0 Å². The van der Waals surface area contributed by atoms with Gasteiger partial charge < -0.3 is 10.6 Å². The van der Waals surface area contributed by atoms with Crippen LogP contribution in [-0.4, -0.2) is 28.2 Å². The Morgan fingerprint density at radius 1 is 1.00 bits per heavy atom. The number of carbonyl (C=O) groups is 2. The van der Waals surface area contributed by atoms with Crippen LogP contribution in [0, 0.1) is 12.8 Å². The van der Waals surface area contributed by atoms with Crippen LogP contribution in [0.15, 0.2) is 54.6 Å². The van der Waals surface area contributed by atoms with Gasteiger partial charge in [-0.05, 0) is 25.0 Å². The maximum Gasteiger partial charge on any atom is 0.319 e.